The minimum atomic E-state index is 0.952. The maximum atomic E-state index is 3.47. The van der Waals surface area contributed by atoms with E-state index in [0.717, 1.165) is 5.33 Å². The second-order valence-corrected chi connectivity index (χ2v) is 4.16. The third-order valence-electron chi connectivity index (χ3n) is 2.61. The summed E-state index contributed by atoms with van der Waals surface area (Å²) in [6.07, 6.45) is 1.35. The summed E-state index contributed by atoms with van der Waals surface area (Å²) in [5.41, 5.74) is 4.18. The van der Waals surface area contributed by atoms with Gasteiger partial charge in [0.1, 0.15) is 0 Å². The van der Waals surface area contributed by atoms with E-state index in [-0.39, 0.29) is 0 Å². The van der Waals surface area contributed by atoms with Crippen molar-refractivity contribution in [1.29, 1.82) is 0 Å². The van der Waals surface area contributed by atoms with Crippen molar-refractivity contribution in [2.24, 2.45) is 0 Å². The molecule has 1 aliphatic rings. The molecule has 0 aliphatic carbocycles. The van der Waals surface area contributed by atoms with Crippen LogP contribution >= 0.6 is 15.9 Å². The highest BCUT2D eigenvalue weighted by atomic mass is 79.9. The fourth-order valence-corrected chi connectivity index (χ4v) is 2.06. The molecule has 13 heavy (non-hydrogen) atoms. The first-order chi connectivity index (χ1) is 6.31. The molecule has 1 heterocycles. The Hall–Kier alpha value is -0.500. The van der Waals surface area contributed by atoms with Gasteiger partial charge in [-0.3, -0.25) is 0 Å². The van der Waals surface area contributed by atoms with E-state index in [4.69, 9.17) is 0 Å². The molecule has 1 fully saturated rings. The Kier molecular flexibility index (Phi) is 2.58. The Labute approximate surface area is 87.9 Å². The van der Waals surface area contributed by atoms with E-state index in [1.165, 1.54) is 36.3 Å². The molecule has 0 spiro atoms. The zero-order valence-electron chi connectivity index (χ0n) is 7.89. The molecule has 0 bridgehead atoms. The molecule has 0 radical (unpaired) electrons. The summed E-state index contributed by atoms with van der Waals surface area (Å²) in [5, 5.41) is 0.952. The van der Waals surface area contributed by atoms with Gasteiger partial charge >= 0.3 is 0 Å². The van der Waals surface area contributed by atoms with Crippen molar-refractivity contribution >= 4 is 21.6 Å². The maximum absolute atomic E-state index is 3.47. The van der Waals surface area contributed by atoms with Gasteiger partial charge in [-0.2, -0.15) is 0 Å². The number of benzene rings is 1. The van der Waals surface area contributed by atoms with Crippen LogP contribution in [-0.2, 0) is 5.33 Å². The summed E-state index contributed by atoms with van der Waals surface area (Å²) in [4.78, 5) is 2.44. The molecule has 0 saturated carbocycles. The van der Waals surface area contributed by atoms with Crippen molar-refractivity contribution in [1.82, 2.24) is 0 Å². The van der Waals surface area contributed by atoms with Crippen LogP contribution in [0.1, 0.15) is 17.5 Å². The number of halogens is 1. The molecule has 1 aromatic rings. The van der Waals surface area contributed by atoms with Crippen molar-refractivity contribution in [3.63, 3.8) is 0 Å². The highest BCUT2D eigenvalue weighted by molar-refractivity contribution is 9.08. The van der Waals surface area contributed by atoms with Gasteiger partial charge in [0.15, 0.2) is 0 Å². The van der Waals surface area contributed by atoms with Crippen LogP contribution in [0.4, 0.5) is 5.69 Å². The van der Waals surface area contributed by atoms with Gasteiger partial charge in [0.25, 0.3) is 0 Å². The average molecular weight is 240 g/mol. The van der Waals surface area contributed by atoms with Crippen LogP contribution < -0.4 is 4.90 Å². The van der Waals surface area contributed by atoms with Gasteiger partial charge in [-0.15, -0.1) is 0 Å². The lowest BCUT2D eigenvalue weighted by atomic mass is 10.1. The summed E-state index contributed by atoms with van der Waals surface area (Å²) in [6, 6.07) is 6.71. The Morgan fingerprint density at radius 1 is 1.38 bits per heavy atom. The SMILES string of the molecule is Cc1cc(CBr)ccc1N1CCC1. The number of rotatable bonds is 2. The van der Waals surface area contributed by atoms with Crippen molar-refractivity contribution in [2.45, 2.75) is 18.7 Å². The lowest BCUT2D eigenvalue weighted by molar-refractivity contribution is 0.616. The van der Waals surface area contributed by atoms with E-state index in [9.17, 15) is 0 Å². The van der Waals surface area contributed by atoms with Crippen LogP contribution in [0.15, 0.2) is 18.2 Å². The van der Waals surface area contributed by atoms with Gasteiger partial charge in [0.2, 0.25) is 0 Å². The van der Waals surface area contributed by atoms with E-state index in [0.29, 0.717) is 0 Å². The number of nitrogens with zero attached hydrogens (tertiary/aromatic N) is 1. The predicted octanol–water partition coefficient (Wildman–Crippen LogP) is 3.10. The van der Waals surface area contributed by atoms with Gasteiger partial charge in [-0.25, -0.2) is 0 Å². The highest BCUT2D eigenvalue weighted by Crippen LogP contribution is 2.25. The number of hydrogen-bond donors (Lipinski definition) is 0. The van der Waals surface area contributed by atoms with Crippen LogP contribution in [0.3, 0.4) is 0 Å². The van der Waals surface area contributed by atoms with E-state index in [1.807, 2.05) is 0 Å². The molecular formula is C11H14BrN. The highest BCUT2D eigenvalue weighted by Gasteiger charge is 2.15. The van der Waals surface area contributed by atoms with Gasteiger partial charge in [0.05, 0.1) is 0 Å². The maximum Gasteiger partial charge on any atom is 0.0396 e. The number of anilines is 1. The number of aryl methyl sites for hydroxylation is 1. The molecule has 0 atom stereocenters. The standard InChI is InChI=1S/C11H14BrN/c1-9-7-10(8-12)3-4-11(9)13-5-2-6-13/h3-4,7H,2,5-6,8H2,1H3. The summed E-state index contributed by atoms with van der Waals surface area (Å²) < 4.78 is 0. The molecule has 70 valence electrons. The quantitative estimate of drug-likeness (QED) is 0.718. The topological polar surface area (TPSA) is 3.24 Å². The first-order valence-corrected chi connectivity index (χ1v) is 5.84. The van der Waals surface area contributed by atoms with Crippen LogP contribution in [0.25, 0.3) is 0 Å². The Morgan fingerprint density at radius 3 is 2.62 bits per heavy atom. The molecular weight excluding hydrogens is 226 g/mol. The minimum absolute atomic E-state index is 0.952. The summed E-state index contributed by atoms with van der Waals surface area (Å²) >= 11 is 3.47. The van der Waals surface area contributed by atoms with E-state index < -0.39 is 0 Å². The third-order valence-corrected chi connectivity index (χ3v) is 3.26. The Bertz CT molecular complexity index is 305. The number of alkyl halides is 1. The van der Waals surface area contributed by atoms with Gasteiger partial charge in [-0.1, -0.05) is 28.1 Å². The van der Waals surface area contributed by atoms with Crippen molar-refractivity contribution < 1.29 is 0 Å². The van der Waals surface area contributed by atoms with Gasteiger partial charge < -0.3 is 4.90 Å². The molecule has 2 rings (SSSR count). The monoisotopic (exact) mass is 239 g/mol. The summed E-state index contributed by atoms with van der Waals surface area (Å²) in [6.45, 7) is 4.66. The van der Waals surface area contributed by atoms with Crippen molar-refractivity contribution in [2.75, 3.05) is 18.0 Å². The normalized spacial score (nSPS) is 15.7. The smallest absolute Gasteiger partial charge is 0.0396 e. The zero-order chi connectivity index (χ0) is 9.26. The van der Waals surface area contributed by atoms with Crippen molar-refractivity contribution in [3.8, 4) is 0 Å². The molecule has 1 aliphatic heterocycles. The molecule has 0 N–H and O–H groups in total. The van der Waals surface area contributed by atoms with Crippen LogP contribution in [0, 0.1) is 6.92 Å². The van der Waals surface area contributed by atoms with Crippen LogP contribution in [0.5, 0.6) is 0 Å². The van der Waals surface area contributed by atoms with Crippen molar-refractivity contribution in [3.05, 3.63) is 29.3 Å². The molecule has 0 amide bonds. The van der Waals surface area contributed by atoms with E-state index in [1.54, 1.807) is 0 Å². The Balaban J connectivity index is 2.26. The fourth-order valence-electron chi connectivity index (χ4n) is 1.71. The second kappa shape index (κ2) is 3.70. The lowest BCUT2D eigenvalue weighted by Crippen LogP contribution is -2.37. The van der Waals surface area contributed by atoms with Crippen LogP contribution in [-0.4, -0.2) is 13.1 Å². The predicted molar refractivity (Wildman–Crippen MR) is 60.6 cm³/mol. The third kappa shape index (κ3) is 1.73. The minimum Gasteiger partial charge on any atom is -0.371 e. The summed E-state index contributed by atoms with van der Waals surface area (Å²) in [7, 11) is 0. The average Bonchev–Trinajstić information content (AvgIpc) is 2.05. The van der Waals surface area contributed by atoms with Gasteiger partial charge in [-0.05, 0) is 30.5 Å². The second-order valence-electron chi connectivity index (χ2n) is 3.60. The largest absolute Gasteiger partial charge is 0.371 e. The first-order valence-electron chi connectivity index (χ1n) is 4.71. The molecule has 1 aromatic carbocycles. The zero-order valence-corrected chi connectivity index (χ0v) is 9.47. The molecule has 0 aromatic heterocycles. The molecule has 1 nitrogen and oxygen atoms in total. The Morgan fingerprint density at radius 2 is 2.15 bits per heavy atom. The van der Waals surface area contributed by atoms with E-state index >= 15 is 0 Å². The summed E-state index contributed by atoms with van der Waals surface area (Å²) in [5.74, 6) is 0. The molecule has 1 saturated heterocycles. The number of hydrogen-bond acceptors (Lipinski definition) is 1. The van der Waals surface area contributed by atoms with Crippen LogP contribution in [0.2, 0.25) is 0 Å². The molecule has 2 heteroatoms. The first kappa shape index (κ1) is 9.07. The molecule has 0 unspecified atom stereocenters. The van der Waals surface area contributed by atoms with E-state index in [2.05, 4.69) is 46.0 Å². The fraction of sp³-hybridized carbons (Fsp3) is 0.455. The lowest BCUT2D eigenvalue weighted by Gasteiger charge is -2.34. The van der Waals surface area contributed by atoms with Gasteiger partial charge in [0, 0.05) is 24.1 Å².